The van der Waals surface area contributed by atoms with Crippen molar-refractivity contribution in [3.63, 3.8) is 0 Å². The van der Waals surface area contributed by atoms with Crippen LogP contribution in [-0.2, 0) is 0 Å². The van der Waals surface area contributed by atoms with Crippen LogP contribution < -0.4 is 0 Å². The van der Waals surface area contributed by atoms with Crippen molar-refractivity contribution < 1.29 is 8.78 Å². The van der Waals surface area contributed by atoms with E-state index < -0.39 is 11.7 Å². The first-order valence-electron chi connectivity index (χ1n) is 7.08. The molecule has 0 bridgehead atoms. The zero-order valence-corrected chi connectivity index (χ0v) is 14.7. The van der Waals surface area contributed by atoms with Crippen LogP contribution in [0.2, 0.25) is 0 Å². The fourth-order valence-corrected chi connectivity index (χ4v) is 1.95. The van der Waals surface area contributed by atoms with Crippen LogP contribution in [0, 0.1) is 6.92 Å². The molecule has 0 aliphatic carbocycles. The third kappa shape index (κ3) is 5.26. The summed E-state index contributed by atoms with van der Waals surface area (Å²) >= 11 is 0. The van der Waals surface area contributed by atoms with Gasteiger partial charge in [-0.2, -0.15) is 0 Å². The predicted octanol–water partition coefficient (Wildman–Crippen LogP) is 6.61. The molecule has 1 rings (SSSR count). The predicted molar refractivity (Wildman–Crippen MR) is 100 cm³/mol. The topological polar surface area (TPSA) is 0 Å². The third-order valence-electron chi connectivity index (χ3n) is 3.23. The standard InChI is InChI=1S/C20H21F2P/c1-6-18(17-11-7-13(2)8-12-17)20(22)19(21)16(5)14(3)9-10-15(4)23/h6-12H,3-5,23H2,1-2H3/b10-9-,18-6-,20-19-. The smallest absolute Gasteiger partial charge is 0.166 e. The van der Waals surface area contributed by atoms with Gasteiger partial charge in [0.05, 0.1) is 0 Å². The van der Waals surface area contributed by atoms with E-state index in [2.05, 4.69) is 29.0 Å². The van der Waals surface area contributed by atoms with Crippen molar-refractivity contribution in [3.05, 3.63) is 101 Å². The van der Waals surface area contributed by atoms with E-state index in [1.165, 1.54) is 6.08 Å². The Morgan fingerprint density at radius 2 is 1.57 bits per heavy atom. The molecule has 0 saturated carbocycles. The molecule has 0 spiro atoms. The summed E-state index contributed by atoms with van der Waals surface area (Å²) in [5.41, 5.74) is 2.06. The first kappa shape index (κ1) is 19.0. The largest absolute Gasteiger partial charge is 0.203 e. The summed E-state index contributed by atoms with van der Waals surface area (Å²) < 4.78 is 29.0. The summed E-state index contributed by atoms with van der Waals surface area (Å²) in [5, 5.41) is 0.706. The molecule has 0 heterocycles. The van der Waals surface area contributed by atoms with Gasteiger partial charge in [-0.25, -0.2) is 8.78 Å². The zero-order chi connectivity index (χ0) is 17.6. The fourth-order valence-electron chi connectivity index (χ4n) is 1.85. The minimum atomic E-state index is -1.01. The quantitative estimate of drug-likeness (QED) is 0.407. The van der Waals surface area contributed by atoms with Gasteiger partial charge >= 0.3 is 0 Å². The Labute approximate surface area is 139 Å². The third-order valence-corrected chi connectivity index (χ3v) is 3.42. The van der Waals surface area contributed by atoms with Crippen molar-refractivity contribution in [2.45, 2.75) is 13.8 Å². The molecule has 0 nitrogen and oxygen atoms in total. The molecule has 23 heavy (non-hydrogen) atoms. The summed E-state index contributed by atoms with van der Waals surface area (Å²) in [6.45, 7) is 14.6. The van der Waals surface area contributed by atoms with Gasteiger partial charge in [0.2, 0.25) is 0 Å². The van der Waals surface area contributed by atoms with Crippen LogP contribution in [0.3, 0.4) is 0 Å². The number of hydrogen-bond acceptors (Lipinski definition) is 0. The van der Waals surface area contributed by atoms with Gasteiger partial charge in [0.1, 0.15) is 0 Å². The lowest BCUT2D eigenvalue weighted by molar-refractivity contribution is 0.571. The minimum Gasteiger partial charge on any atom is -0.203 e. The first-order valence-corrected chi connectivity index (χ1v) is 7.65. The molecule has 1 unspecified atom stereocenters. The maximum atomic E-state index is 14.5. The van der Waals surface area contributed by atoms with Crippen LogP contribution in [-0.4, -0.2) is 0 Å². The van der Waals surface area contributed by atoms with Crippen LogP contribution in [0.1, 0.15) is 18.1 Å². The number of allylic oxidation sites excluding steroid dienone is 9. The fraction of sp³-hybridized carbons (Fsp3) is 0.100. The van der Waals surface area contributed by atoms with E-state index in [0.29, 0.717) is 16.5 Å². The SMILES string of the molecule is C=C(P)/C=C\C(=C)C(=C)/C(F)=C(F)\C(=C/C)c1ccc(C)cc1. The number of halogens is 2. The summed E-state index contributed by atoms with van der Waals surface area (Å²) in [5.74, 6) is -1.96. The molecule has 1 atom stereocenters. The Morgan fingerprint density at radius 3 is 2.04 bits per heavy atom. The number of hydrogen-bond donors (Lipinski definition) is 0. The number of rotatable bonds is 6. The molecule has 3 heteroatoms. The average molecular weight is 330 g/mol. The average Bonchev–Trinajstić information content (AvgIpc) is 2.53. The van der Waals surface area contributed by atoms with Gasteiger partial charge in [-0.3, -0.25) is 0 Å². The highest BCUT2D eigenvalue weighted by atomic mass is 31.0. The molecule has 1 aromatic rings. The van der Waals surface area contributed by atoms with Crippen molar-refractivity contribution in [1.82, 2.24) is 0 Å². The van der Waals surface area contributed by atoms with Crippen molar-refractivity contribution in [1.29, 1.82) is 0 Å². The molecule has 0 amide bonds. The van der Waals surface area contributed by atoms with Crippen molar-refractivity contribution in [3.8, 4) is 0 Å². The second kappa shape index (κ2) is 8.55. The molecule has 0 N–H and O–H groups in total. The summed E-state index contributed by atoms with van der Waals surface area (Å²) in [6.07, 6.45) is 4.72. The Balaban J connectivity index is 3.15. The second-order valence-corrected chi connectivity index (χ2v) is 5.85. The Morgan fingerprint density at radius 1 is 1.00 bits per heavy atom. The van der Waals surface area contributed by atoms with E-state index >= 15 is 0 Å². The van der Waals surface area contributed by atoms with E-state index in [-0.39, 0.29) is 11.1 Å². The normalized spacial score (nSPS) is 13.0. The van der Waals surface area contributed by atoms with Gasteiger partial charge < -0.3 is 0 Å². The van der Waals surface area contributed by atoms with Gasteiger partial charge in [0.25, 0.3) is 0 Å². The van der Waals surface area contributed by atoms with Crippen LogP contribution in [0.25, 0.3) is 5.57 Å². The van der Waals surface area contributed by atoms with Crippen LogP contribution in [0.4, 0.5) is 8.78 Å². The first-order chi connectivity index (χ1) is 10.8. The lowest BCUT2D eigenvalue weighted by atomic mass is 9.99. The Kier molecular flexibility index (Phi) is 7.06. The van der Waals surface area contributed by atoms with Crippen LogP contribution in [0.5, 0.6) is 0 Å². The monoisotopic (exact) mass is 330 g/mol. The lowest BCUT2D eigenvalue weighted by Gasteiger charge is -2.09. The molecular formula is C20H21F2P. The molecule has 0 radical (unpaired) electrons. The van der Waals surface area contributed by atoms with Gasteiger partial charge in [-0.15, -0.1) is 9.24 Å². The molecule has 120 valence electrons. The van der Waals surface area contributed by atoms with Gasteiger partial charge in [0.15, 0.2) is 11.7 Å². The maximum absolute atomic E-state index is 14.5. The highest BCUT2D eigenvalue weighted by Gasteiger charge is 2.16. The highest BCUT2D eigenvalue weighted by Crippen LogP contribution is 2.32. The van der Waals surface area contributed by atoms with Crippen molar-refractivity contribution in [2.75, 3.05) is 0 Å². The molecule has 0 aliphatic rings. The summed E-state index contributed by atoms with van der Waals surface area (Å²) in [4.78, 5) is 0. The van der Waals surface area contributed by atoms with Crippen molar-refractivity contribution in [2.24, 2.45) is 0 Å². The molecule has 1 aromatic carbocycles. The lowest BCUT2D eigenvalue weighted by Crippen LogP contribution is -1.93. The van der Waals surface area contributed by atoms with E-state index in [4.69, 9.17) is 0 Å². The van der Waals surface area contributed by atoms with Gasteiger partial charge in [0, 0.05) is 11.1 Å². The van der Waals surface area contributed by atoms with Gasteiger partial charge in [-0.1, -0.05) is 67.8 Å². The van der Waals surface area contributed by atoms with Crippen molar-refractivity contribution >= 4 is 14.8 Å². The van der Waals surface area contributed by atoms with E-state index in [1.54, 1.807) is 31.2 Å². The Hall–Kier alpha value is -2.05. The highest BCUT2D eigenvalue weighted by molar-refractivity contribution is 7.22. The number of benzene rings is 1. The van der Waals surface area contributed by atoms with Crippen LogP contribution in [0.15, 0.2) is 90.3 Å². The molecule has 0 fully saturated rings. The molecule has 0 saturated heterocycles. The summed E-state index contributed by atoms with van der Waals surface area (Å²) in [6, 6.07) is 7.22. The number of aryl methyl sites for hydroxylation is 1. The second-order valence-electron chi connectivity index (χ2n) is 5.11. The van der Waals surface area contributed by atoms with E-state index in [0.717, 1.165) is 5.56 Å². The Bertz CT molecular complexity index is 717. The molecule has 0 aromatic heterocycles. The molecule has 0 aliphatic heterocycles. The van der Waals surface area contributed by atoms with Gasteiger partial charge in [-0.05, 0) is 30.3 Å². The van der Waals surface area contributed by atoms with E-state index in [9.17, 15) is 8.78 Å². The summed E-state index contributed by atoms with van der Waals surface area (Å²) in [7, 11) is 2.40. The van der Waals surface area contributed by atoms with Crippen LogP contribution >= 0.6 is 9.24 Å². The van der Waals surface area contributed by atoms with E-state index in [1.807, 2.05) is 19.1 Å². The maximum Gasteiger partial charge on any atom is 0.166 e. The molecular weight excluding hydrogens is 309 g/mol. The minimum absolute atomic E-state index is 0.0866. The zero-order valence-electron chi connectivity index (χ0n) is 13.5.